The van der Waals surface area contributed by atoms with Crippen LogP contribution < -0.4 is 0 Å². The van der Waals surface area contributed by atoms with Crippen molar-refractivity contribution in [3.8, 4) is 0 Å². The van der Waals surface area contributed by atoms with Crippen molar-refractivity contribution in [1.29, 1.82) is 5.41 Å². The monoisotopic (exact) mass is 155 g/mol. The molecule has 3 nitrogen and oxygen atoms in total. The minimum atomic E-state index is 0.257. The SMILES string of the molecule is CC(CCCN(C)C)N=C=N. The van der Waals surface area contributed by atoms with Gasteiger partial charge in [0.2, 0.25) is 0 Å². The standard InChI is InChI=1S/C8H17N3/c1-8(10-7-9)5-4-6-11(2)3/h8-9H,4-6H2,1-3H3. The van der Waals surface area contributed by atoms with Crippen LogP contribution in [0.15, 0.2) is 4.99 Å². The largest absolute Gasteiger partial charge is 0.309 e. The van der Waals surface area contributed by atoms with Gasteiger partial charge in [-0.1, -0.05) is 0 Å². The van der Waals surface area contributed by atoms with E-state index in [1.54, 1.807) is 0 Å². The van der Waals surface area contributed by atoms with Crippen LogP contribution in [0.25, 0.3) is 0 Å². The minimum Gasteiger partial charge on any atom is -0.309 e. The first-order valence-corrected chi connectivity index (χ1v) is 3.93. The first-order chi connectivity index (χ1) is 5.16. The molecule has 0 saturated carbocycles. The first-order valence-electron chi connectivity index (χ1n) is 3.93. The van der Waals surface area contributed by atoms with E-state index < -0.39 is 0 Å². The van der Waals surface area contributed by atoms with Gasteiger partial charge in [-0.2, -0.15) is 0 Å². The van der Waals surface area contributed by atoms with Crippen molar-refractivity contribution in [3.63, 3.8) is 0 Å². The van der Waals surface area contributed by atoms with Crippen molar-refractivity contribution in [2.45, 2.75) is 25.8 Å². The zero-order chi connectivity index (χ0) is 8.69. The van der Waals surface area contributed by atoms with Crippen LogP contribution in [-0.2, 0) is 0 Å². The number of aliphatic imine (C=N–C) groups is 1. The van der Waals surface area contributed by atoms with Gasteiger partial charge in [0.05, 0.1) is 12.1 Å². The Hall–Kier alpha value is -0.660. The maximum absolute atomic E-state index is 6.63. The summed E-state index contributed by atoms with van der Waals surface area (Å²) in [6, 6.07) is 2.32. The minimum absolute atomic E-state index is 0.257. The fourth-order valence-electron chi connectivity index (χ4n) is 0.878. The average Bonchev–Trinajstić information content (AvgIpc) is 1.87. The Bertz CT molecular complexity index is 136. The van der Waals surface area contributed by atoms with Gasteiger partial charge in [0.15, 0.2) is 0 Å². The van der Waals surface area contributed by atoms with Crippen LogP contribution in [0.1, 0.15) is 19.8 Å². The Balaban J connectivity index is 3.31. The lowest BCUT2D eigenvalue weighted by molar-refractivity contribution is 0.388. The molecule has 0 radical (unpaired) electrons. The molecule has 0 rings (SSSR count). The van der Waals surface area contributed by atoms with Gasteiger partial charge in [0.1, 0.15) is 0 Å². The fourth-order valence-corrected chi connectivity index (χ4v) is 0.878. The maximum Gasteiger partial charge on any atom is 0.0864 e. The van der Waals surface area contributed by atoms with Crippen LogP contribution in [0, 0.1) is 5.41 Å². The molecule has 0 aromatic heterocycles. The van der Waals surface area contributed by atoms with E-state index in [0.29, 0.717) is 0 Å². The molecule has 11 heavy (non-hydrogen) atoms. The van der Waals surface area contributed by atoms with Gasteiger partial charge >= 0.3 is 0 Å². The quantitative estimate of drug-likeness (QED) is 0.600. The molecule has 0 saturated heterocycles. The van der Waals surface area contributed by atoms with Crippen molar-refractivity contribution in [3.05, 3.63) is 0 Å². The maximum atomic E-state index is 6.63. The summed E-state index contributed by atoms with van der Waals surface area (Å²) in [4.78, 5) is 5.97. The topological polar surface area (TPSA) is 39.5 Å². The normalized spacial score (nSPS) is 12.7. The second-order valence-electron chi connectivity index (χ2n) is 3.04. The number of hydrogen-bond donors (Lipinski definition) is 1. The van der Waals surface area contributed by atoms with Crippen LogP contribution in [0.5, 0.6) is 0 Å². The van der Waals surface area contributed by atoms with Gasteiger partial charge in [0, 0.05) is 0 Å². The second kappa shape index (κ2) is 6.08. The highest BCUT2D eigenvalue weighted by Gasteiger charge is 1.97. The highest BCUT2D eigenvalue weighted by atomic mass is 15.0. The highest BCUT2D eigenvalue weighted by Crippen LogP contribution is 1.99. The van der Waals surface area contributed by atoms with Crippen LogP contribution in [0.3, 0.4) is 0 Å². The van der Waals surface area contributed by atoms with Gasteiger partial charge in [-0.15, -0.1) is 0 Å². The van der Waals surface area contributed by atoms with E-state index >= 15 is 0 Å². The van der Waals surface area contributed by atoms with Crippen LogP contribution in [0.2, 0.25) is 0 Å². The van der Waals surface area contributed by atoms with Crippen LogP contribution in [0.4, 0.5) is 0 Å². The molecule has 1 unspecified atom stereocenters. The van der Waals surface area contributed by atoms with Gasteiger partial charge in [0.25, 0.3) is 0 Å². The van der Waals surface area contributed by atoms with Crippen LogP contribution in [-0.4, -0.2) is 37.6 Å². The zero-order valence-electron chi connectivity index (χ0n) is 7.59. The summed E-state index contributed by atoms with van der Waals surface area (Å²) in [5.74, 6) is 0. The summed E-state index contributed by atoms with van der Waals surface area (Å²) < 4.78 is 0. The van der Waals surface area contributed by atoms with Crippen molar-refractivity contribution >= 4 is 6.01 Å². The smallest absolute Gasteiger partial charge is 0.0864 e. The molecule has 1 atom stereocenters. The number of hydrogen-bond acceptors (Lipinski definition) is 3. The molecular weight excluding hydrogens is 138 g/mol. The van der Waals surface area contributed by atoms with E-state index in [1.807, 2.05) is 6.92 Å². The molecule has 3 heteroatoms. The summed E-state index contributed by atoms with van der Waals surface area (Å²) in [6.07, 6.45) is 2.18. The van der Waals surface area contributed by atoms with Crippen molar-refractivity contribution in [1.82, 2.24) is 4.90 Å². The number of nitrogens with zero attached hydrogens (tertiary/aromatic N) is 2. The van der Waals surface area contributed by atoms with Crippen LogP contribution >= 0.6 is 0 Å². The third-order valence-electron chi connectivity index (χ3n) is 1.51. The Labute approximate surface area is 68.6 Å². The molecule has 0 aromatic carbocycles. The molecule has 0 amide bonds. The summed E-state index contributed by atoms with van der Waals surface area (Å²) >= 11 is 0. The third-order valence-corrected chi connectivity index (χ3v) is 1.51. The molecule has 0 aliphatic rings. The van der Waals surface area contributed by atoms with E-state index in [1.165, 1.54) is 0 Å². The molecule has 0 bridgehead atoms. The Kier molecular flexibility index (Phi) is 5.71. The van der Waals surface area contributed by atoms with Gasteiger partial charge in [-0.25, -0.2) is 10.4 Å². The lowest BCUT2D eigenvalue weighted by Crippen LogP contribution is -2.14. The van der Waals surface area contributed by atoms with E-state index in [-0.39, 0.29) is 6.04 Å². The van der Waals surface area contributed by atoms with Crippen molar-refractivity contribution in [2.24, 2.45) is 4.99 Å². The molecule has 0 fully saturated rings. The summed E-state index contributed by atoms with van der Waals surface area (Å²) in [5.41, 5.74) is 0. The van der Waals surface area contributed by atoms with E-state index in [4.69, 9.17) is 5.41 Å². The number of rotatable bonds is 5. The molecule has 64 valence electrons. The Morgan fingerprint density at radius 1 is 1.55 bits per heavy atom. The summed E-state index contributed by atoms with van der Waals surface area (Å²) in [7, 11) is 4.12. The molecule has 1 N–H and O–H groups in total. The highest BCUT2D eigenvalue weighted by molar-refractivity contribution is 5.36. The van der Waals surface area contributed by atoms with Crippen molar-refractivity contribution < 1.29 is 0 Å². The van der Waals surface area contributed by atoms with E-state index in [9.17, 15) is 0 Å². The summed E-state index contributed by atoms with van der Waals surface area (Å²) in [5, 5.41) is 6.63. The lowest BCUT2D eigenvalue weighted by atomic mass is 10.2. The molecular formula is C8H17N3. The van der Waals surface area contributed by atoms with Gasteiger partial charge in [-0.05, 0) is 40.4 Å². The van der Waals surface area contributed by atoms with E-state index in [0.717, 1.165) is 19.4 Å². The zero-order valence-corrected chi connectivity index (χ0v) is 7.59. The molecule has 0 heterocycles. The fraction of sp³-hybridized carbons (Fsp3) is 0.875. The molecule has 0 aromatic rings. The Morgan fingerprint density at radius 2 is 2.18 bits per heavy atom. The first kappa shape index (κ1) is 10.3. The lowest BCUT2D eigenvalue weighted by Gasteiger charge is -2.09. The van der Waals surface area contributed by atoms with Gasteiger partial charge in [-0.3, -0.25) is 0 Å². The van der Waals surface area contributed by atoms with Gasteiger partial charge < -0.3 is 4.90 Å². The second-order valence-corrected chi connectivity index (χ2v) is 3.04. The molecule has 0 aliphatic heterocycles. The molecule has 0 spiro atoms. The molecule has 0 aliphatic carbocycles. The predicted octanol–water partition coefficient (Wildman–Crippen LogP) is 1.47. The van der Waals surface area contributed by atoms with Crippen molar-refractivity contribution in [2.75, 3.05) is 20.6 Å². The summed E-state index contributed by atoms with van der Waals surface area (Å²) in [6.45, 7) is 3.11. The number of nitrogens with one attached hydrogen (secondary N) is 1. The third kappa shape index (κ3) is 7.23. The average molecular weight is 155 g/mol. The Morgan fingerprint density at radius 3 is 2.64 bits per heavy atom. The van der Waals surface area contributed by atoms with E-state index in [2.05, 4.69) is 30.0 Å². The predicted molar refractivity (Wildman–Crippen MR) is 47.4 cm³/mol.